The molecule has 1 fully saturated rings. The zero-order chi connectivity index (χ0) is 11.0. The fourth-order valence-corrected chi connectivity index (χ4v) is 3.10. The van der Waals surface area contributed by atoms with Gasteiger partial charge in [0.1, 0.15) is 0 Å². The highest BCUT2D eigenvalue weighted by atomic mass is 15.3. The lowest BCUT2D eigenvalue weighted by Gasteiger charge is -2.46. The summed E-state index contributed by atoms with van der Waals surface area (Å²) in [7, 11) is 0. The molecule has 0 radical (unpaired) electrons. The van der Waals surface area contributed by atoms with Crippen molar-refractivity contribution in [3.8, 4) is 0 Å². The number of aryl methyl sites for hydroxylation is 1. The summed E-state index contributed by atoms with van der Waals surface area (Å²) < 4.78 is 0. The van der Waals surface area contributed by atoms with Crippen LogP contribution < -0.4 is 4.90 Å². The van der Waals surface area contributed by atoms with Gasteiger partial charge in [-0.15, -0.1) is 0 Å². The summed E-state index contributed by atoms with van der Waals surface area (Å²) in [4.78, 5) is 5.21. The van der Waals surface area contributed by atoms with Gasteiger partial charge in [0.25, 0.3) is 0 Å². The van der Waals surface area contributed by atoms with Gasteiger partial charge >= 0.3 is 0 Å². The number of anilines is 1. The van der Waals surface area contributed by atoms with Gasteiger partial charge in [-0.1, -0.05) is 25.1 Å². The van der Waals surface area contributed by atoms with Crippen LogP contribution in [-0.4, -0.2) is 37.1 Å². The van der Waals surface area contributed by atoms with Gasteiger partial charge in [0, 0.05) is 31.4 Å². The first-order valence-electron chi connectivity index (χ1n) is 6.45. The number of para-hydroxylation sites is 1. The summed E-state index contributed by atoms with van der Waals surface area (Å²) in [6, 6.07) is 9.68. The molecule has 86 valence electrons. The minimum absolute atomic E-state index is 0.753. The molecular weight excluding hydrogens is 196 g/mol. The molecule has 2 aliphatic rings. The third kappa shape index (κ3) is 1.61. The summed E-state index contributed by atoms with van der Waals surface area (Å²) in [6.45, 7) is 7.15. The van der Waals surface area contributed by atoms with Gasteiger partial charge in [-0.2, -0.15) is 0 Å². The number of hydrogen-bond acceptors (Lipinski definition) is 2. The minimum atomic E-state index is 0.753. The fourth-order valence-electron chi connectivity index (χ4n) is 3.10. The first-order valence-corrected chi connectivity index (χ1v) is 6.45. The van der Waals surface area contributed by atoms with Crippen molar-refractivity contribution < 1.29 is 0 Å². The van der Waals surface area contributed by atoms with Crippen molar-refractivity contribution in [2.45, 2.75) is 25.8 Å². The molecule has 1 saturated heterocycles. The van der Waals surface area contributed by atoms with Crippen LogP contribution in [-0.2, 0) is 6.42 Å². The minimum Gasteiger partial charge on any atom is -0.366 e. The molecule has 2 heterocycles. The smallest absolute Gasteiger partial charge is 0.0420 e. The van der Waals surface area contributed by atoms with E-state index in [1.165, 1.54) is 44.7 Å². The van der Waals surface area contributed by atoms with Gasteiger partial charge in [-0.3, -0.25) is 4.90 Å². The molecule has 1 aromatic rings. The van der Waals surface area contributed by atoms with E-state index >= 15 is 0 Å². The van der Waals surface area contributed by atoms with Gasteiger partial charge in [0.2, 0.25) is 0 Å². The molecule has 1 atom stereocenters. The van der Waals surface area contributed by atoms with Crippen molar-refractivity contribution in [3.63, 3.8) is 0 Å². The van der Waals surface area contributed by atoms with E-state index in [2.05, 4.69) is 41.0 Å². The topological polar surface area (TPSA) is 6.48 Å². The Kier molecular flexibility index (Phi) is 2.60. The molecule has 0 bridgehead atoms. The van der Waals surface area contributed by atoms with E-state index in [1.54, 1.807) is 5.56 Å². The van der Waals surface area contributed by atoms with E-state index < -0.39 is 0 Å². The molecule has 2 aliphatic heterocycles. The Morgan fingerprint density at radius 3 is 3.00 bits per heavy atom. The normalized spacial score (nSPS) is 25.1. The number of fused-ring (bicyclic) bond motifs is 3. The molecule has 0 aliphatic carbocycles. The zero-order valence-corrected chi connectivity index (χ0v) is 10.0. The summed E-state index contributed by atoms with van der Waals surface area (Å²) in [5.41, 5.74) is 3.04. The van der Waals surface area contributed by atoms with Crippen LogP contribution in [0.2, 0.25) is 0 Å². The second kappa shape index (κ2) is 4.10. The van der Waals surface area contributed by atoms with Crippen LogP contribution in [0.3, 0.4) is 0 Å². The summed E-state index contributed by atoms with van der Waals surface area (Å²) in [6.07, 6.45) is 2.59. The average Bonchev–Trinajstić information content (AvgIpc) is 2.38. The molecule has 16 heavy (non-hydrogen) atoms. The van der Waals surface area contributed by atoms with Crippen LogP contribution in [0.1, 0.15) is 18.9 Å². The van der Waals surface area contributed by atoms with E-state index in [9.17, 15) is 0 Å². The molecule has 1 unspecified atom stereocenters. The van der Waals surface area contributed by atoms with E-state index in [0.29, 0.717) is 0 Å². The van der Waals surface area contributed by atoms with Crippen LogP contribution in [0, 0.1) is 0 Å². The lowest BCUT2D eigenvalue weighted by Crippen LogP contribution is -2.54. The molecule has 1 aromatic carbocycles. The Hall–Kier alpha value is -1.02. The molecule has 2 heteroatoms. The predicted molar refractivity (Wildman–Crippen MR) is 68.0 cm³/mol. The van der Waals surface area contributed by atoms with E-state index in [0.717, 1.165) is 6.04 Å². The maximum absolute atomic E-state index is 2.63. The van der Waals surface area contributed by atoms with Crippen LogP contribution in [0.4, 0.5) is 5.69 Å². The van der Waals surface area contributed by atoms with Crippen molar-refractivity contribution in [1.82, 2.24) is 4.90 Å². The van der Waals surface area contributed by atoms with Gasteiger partial charge in [-0.25, -0.2) is 0 Å². The van der Waals surface area contributed by atoms with Crippen LogP contribution >= 0.6 is 0 Å². The van der Waals surface area contributed by atoms with Crippen molar-refractivity contribution in [2.24, 2.45) is 0 Å². The molecule has 0 spiro atoms. The lowest BCUT2D eigenvalue weighted by molar-refractivity contribution is 0.224. The van der Waals surface area contributed by atoms with E-state index in [-0.39, 0.29) is 0 Å². The molecule has 0 amide bonds. The van der Waals surface area contributed by atoms with Gasteiger partial charge in [0.05, 0.1) is 0 Å². The number of benzene rings is 1. The number of rotatable bonds is 1. The first-order chi connectivity index (χ1) is 7.88. The van der Waals surface area contributed by atoms with E-state index in [1.807, 2.05) is 0 Å². The van der Waals surface area contributed by atoms with Gasteiger partial charge in [-0.05, 0) is 31.0 Å². The molecule has 0 N–H and O–H groups in total. The predicted octanol–water partition coefficient (Wildman–Crippen LogP) is 2.14. The molecule has 2 nitrogen and oxygen atoms in total. The summed E-state index contributed by atoms with van der Waals surface area (Å²) in [5, 5.41) is 0. The first kappa shape index (κ1) is 10.2. The highest BCUT2D eigenvalue weighted by Crippen LogP contribution is 2.32. The Morgan fingerprint density at radius 1 is 1.25 bits per heavy atom. The molecule has 3 rings (SSSR count). The summed E-state index contributed by atoms with van der Waals surface area (Å²) >= 11 is 0. The fraction of sp³-hybridized carbons (Fsp3) is 0.571. The second-order valence-corrected chi connectivity index (χ2v) is 4.91. The van der Waals surface area contributed by atoms with Crippen molar-refractivity contribution in [2.75, 3.05) is 31.1 Å². The maximum Gasteiger partial charge on any atom is 0.0420 e. The van der Waals surface area contributed by atoms with Crippen molar-refractivity contribution in [1.29, 1.82) is 0 Å². The zero-order valence-electron chi connectivity index (χ0n) is 10.0. The number of hydrogen-bond donors (Lipinski definition) is 0. The quantitative estimate of drug-likeness (QED) is 0.709. The SMILES string of the molecule is CCN1CCN2c3ccccc3CCC2C1. The van der Waals surface area contributed by atoms with Crippen LogP contribution in [0.5, 0.6) is 0 Å². The maximum atomic E-state index is 2.63. The third-order valence-corrected chi connectivity index (χ3v) is 4.06. The number of piperazine rings is 1. The largest absolute Gasteiger partial charge is 0.366 e. The third-order valence-electron chi connectivity index (χ3n) is 4.06. The van der Waals surface area contributed by atoms with Gasteiger partial charge in [0.15, 0.2) is 0 Å². The Balaban J connectivity index is 1.86. The highest BCUT2D eigenvalue weighted by Gasteiger charge is 2.30. The monoisotopic (exact) mass is 216 g/mol. The molecule has 0 saturated carbocycles. The molecule has 0 aromatic heterocycles. The van der Waals surface area contributed by atoms with Crippen LogP contribution in [0.25, 0.3) is 0 Å². The summed E-state index contributed by atoms with van der Waals surface area (Å²) in [5.74, 6) is 0. The average molecular weight is 216 g/mol. The van der Waals surface area contributed by atoms with Crippen molar-refractivity contribution in [3.05, 3.63) is 29.8 Å². The molecular formula is C14H20N2. The van der Waals surface area contributed by atoms with E-state index in [4.69, 9.17) is 0 Å². The Labute approximate surface area is 97.9 Å². The standard InChI is InChI=1S/C14H20N2/c1-2-15-9-10-16-13(11-15)8-7-12-5-3-4-6-14(12)16/h3-6,13H,2,7-11H2,1H3. The Morgan fingerprint density at radius 2 is 2.12 bits per heavy atom. The highest BCUT2D eigenvalue weighted by molar-refractivity contribution is 5.56. The lowest BCUT2D eigenvalue weighted by atomic mass is 9.94. The van der Waals surface area contributed by atoms with Crippen LogP contribution in [0.15, 0.2) is 24.3 Å². The van der Waals surface area contributed by atoms with Gasteiger partial charge < -0.3 is 4.90 Å². The second-order valence-electron chi connectivity index (χ2n) is 4.91. The van der Waals surface area contributed by atoms with Crippen molar-refractivity contribution >= 4 is 5.69 Å². The number of nitrogens with zero attached hydrogens (tertiary/aromatic N) is 2. The number of likely N-dealkylation sites (N-methyl/N-ethyl adjacent to an activating group) is 1. The Bertz CT molecular complexity index is 375.